The SMILES string of the molecule is Cc1cccc2cc(CCNS(=O)(=O)Cc3ccccc3)c(=O)[nH]c12. The lowest BCUT2D eigenvalue weighted by molar-refractivity contribution is 0.580. The Morgan fingerprint density at radius 1 is 1.04 bits per heavy atom. The smallest absolute Gasteiger partial charge is 0.251 e. The molecule has 0 aliphatic rings. The molecule has 3 aromatic rings. The van der Waals surface area contributed by atoms with E-state index in [4.69, 9.17) is 0 Å². The third kappa shape index (κ3) is 4.35. The van der Waals surface area contributed by atoms with Crippen molar-refractivity contribution >= 4 is 20.9 Å². The van der Waals surface area contributed by atoms with E-state index in [2.05, 4.69) is 9.71 Å². The van der Waals surface area contributed by atoms with E-state index < -0.39 is 10.0 Å². The Morgan fingerprint density at radius 2 is 1.80 bits per heavy atom. The number of para-hydroxylation sites is 1. The van der Waals surface area contributed by atoms with Crippen LogP contribution in [0.25, 0.3) is 10.9 Å². The van der Waals surface area contributed by atoms with Gasteiger partial charge in [-0.15, -0.1) is 0 Å². The van der Waals surface area contributed by atoms with Gasteiger partial charge in [0, 0.05) is 12.1 Å². The number of aromatic nitrogens is 1. The Bertz CT molecular complexity index is 1040. The van der Waals surface area contributed by atoms with Crippen LogP contribution in [-0.4, -0.2) is 19.9 Å². The van der Waals surface area contributed by atoms with Crippen molar-refractivity contribution in [3.05, 3.63) is 81.6 Å². The number of aryl methyl sites for hydroxylation is 1. The number of fused-ring (bicyclic) bond motifs is 1. The molecular formula is C19H20N2O3S. The first-order valence-electron chi connectivity index (χ1n) is 8.07. The van der Waals surface area contributed by atoms with Gasteiger partial charge in [-0.2, -0.15) is 0 Å². The molecule has 0 saturated heterocycles. The summed E-state index contributed by atoms with van der Waals surface area (Å²) < 4.78 is 26.8. The molecule has 0 atom stereocenters. The second-order valence-electron chi connectivity index (χ2n) is 6.05. The Hall–Kier alpha value is -2.44. The van der Waals surface area contributed by atoms with Gasteiger partial charge >= 0.3 is 0 Å². The van der Waals surface area contributed by atoms with Gasteiger partial charge in [-0.05, 0) is 35.9 Å². The van der Waals surface area contributed by atoms with Crippen LogP contribution in [0.1, 0.15) is 16.7 Å². The zero-order valence-electron chi connectivity index (χ0n) is 14.0. The Labute approximate surface area is 146 Å². The van der Waals surface area contributed by atoms with Crippen LogP contribution in [0.5, 0.6) is 0 Å². The third-order valence-corrected chi connectivity index (χ3v) is 5.44. The molecule has 25 heavy (non-hydrogen) atoms. The van der Waals surface area contributed by atoms with Crippen molar-refractivity contribution in [1.82, 2.24) is 9.71 Å². The molecule has 2 N–H and O–H groups in total. The van der Waals surface area contributed by atoms with E-state index in [1.54, 1.807) is 12.1 Å². The van der Waals surface area contributed by atoms with E-state index >= 15 is 0 Å². The molecule has 0 bridgehead atoms. The van der Waals surface area contributed by atoms with E-state index in [1.165, 1.54) is 0 Å². The highest BCUT2D eigenvalue weighted by molar-refractivity contribution is 7.88. The standard InChI is InChI=1S/C19H20N2O3S/c1-14-6-5-9-16-12-17(19(22)21-18(14)16)10-11-20-25(23,24)13-15-7-3-2-4-8-15/h2-9,12,20H,10-11,13H2,1H3,(H,21,22). The lowest BCUT2D eigenvalue weighted by Crippen LogP contribution is -2.28. The summed E-state index contributed by atoms with van der Waals surface area (Å²) in [4.78, 5) is 15.1. The molecule has 0 spiro atoms. The molecule has 0 unspecified atom stereocenters. The number of aromatic amines is 1. The Balaban J connectivity index is 1.68. The average Bonchev–Trinajstić information content (AvgIpc) is 2.57. The van der Waals surface area contributed by atoms with Gasteiger partial charge in [-0.25, -0.2) is 13.1 Å². The van der Waals surface area contributed by atoms with E-state index in [1.807, 2.05) is 49.4 Å². The van der Waals surface area contributed by atoms with Crippen LogP contribution < -0.4 is 10.3 Å². The number of nitrogens with one attached hydrogen (secondary N) is 2. The summed E-state index contributed by atoms with van der Waals surface area (Å²) in [5.41, 5.74) is 2.95. The highest BCUT2D eigenvalue weighted by Gasteiger charge is 2.11. The Morgan fingerprint density at radius 3 is 2.56 bits per heavy atom. The molecule has 0 radical (unpaired) electrons. The van der Waals surface area contributed by atoms with Crippen molar-refractivity contribution in [1.29, 1.82) is 0 Å². The fourth-order valence-electron chi connectivity index (χ4n) is 2.80. The van der Waals surface area contributed by atoms with Crippen molar-refractivity contribution in [2.45, 2.75) is 19.1 Å². The lowest BCUT2D eigenvalue weighted by Gasteiger charge is -2.08. The third-order valence-electron chi connectivity index (χ3n) is 4.08. The quantitative estimate of drug-likeness (QED) is 0.712. The maximum absolute atomic E-state index is 12.2. The summed E-state index contributed by atoms with van der Waals surface area (Å²) in [6.07, 6.45) is 0.341. The fourth-order valence-corrected chi connectivity index (χ4v) is 3.95. The number of benzene rings is 2. The van der Waals surface area contributed by atoms with Gasteiger partial charge in [0.15, 0.2) is 0 Å². The number of H-pyrrole nitrogens is 1. The topological polar surface area (TPSA) is 79.0 Å². The van der Waals surface area contributed by atoms with Crippen molar-refractivity contribution in [3.63, 3.8) is 0 Å². The van der Waals surface area contributed by atoms with Crippen LogP contribution in [0, 0.1) is 6.92 Å². The van der Waals surface area contributed by atoms with Crippen LogP contribution >= 0.6 is 0 Å². The number of rotatable bonds is 6. The number of hydrogen-bond acceptors (Lipinski definition) is 3. The molecule has 2 aromatic carbocycles. The predicted molar refractivity (Wildman–Crippen MR) is 100 cm³/mol. The molecule has 5 nitrogen and oxygen atoms in total. The van der Waals surface area contributed by atoms with E-state index in [9.17, 15) is 13.2 Å². The van der Waals surface area contributed by atoms with Crippen molar-refractivity contribution in [3.8, 4) is 0 Å². The number of hydrogen-bond donors (Lipinski definition) is 2. The summed E-state index contributed by atoms with van der Waals surface area (Å²) in [5.74, 6) is -0.0683. The van der Waals surface area contributed by atoms with Crippen LogP contribution in [0.15, 0.2) is 59.4 Å². The molecule has 0 fully saturated rings. The Kier molecular flexibility index (Phi) is 5.01. The first-order valence-corrected chi connectivity index (χ1v) is 9.73. The van der Waals surface area contributed by atoms with Gasteiger partial charge in [0.25, 0.3) is 5.56 Å². The molecule has 0 saturated carbocycles. The van der Waals surface area contributed by atoms with Gasteiger partial charge in [-0.1, -0.05) is 48.5 Å². The largest absolute Gasteiger partial charge is 0.321 e. The summed E-state index contributed by atoms with van der Waals surface area (Å²) in [5, 5.41) is 0.946. The number of pyridine rings is 1. The van der Waals surface area contributed by atoms with Gasteiger partial charge in [0.1, 0.15) is 0 Å². The predicted octanol–water partition coefficient (Wildman–Crippen LogP) is 2.50. The van der Waals surface area contributed by atoms with E-state index in [0.29, 0.717) is 12.0 Å². The lowest BCUT2D eigenvalue weighted by atomic mass is 10.1. The number of sulfonamides is 1. The highest BCUT2D eigenvalue weighted by Crippen LogP contribution is 2.15. The minimum Gasteiger partial charge on any atom is -0.321 e. The molecule has 3 rings (SSSR count). The normalized spacial score (nSPS) is 11.7. The van der Waals surface area contributed by atoms with Crippen LogP contribution in [0.2, 0.25) is 0 Å². The van der Waals surface area contributed by atoms with Crippen LogP contribution in [0.3, 0.4) is 0 Å². The van der Waals surface area contributed by atoms with Gasteiger partial charge in [-0.3, -0.25) is 4.79 Å². The summed E-state index contributed by atoms with van der Waals surface area (Å²) in [7, 11) is -3.43. The fraction of sp³-hybridized carbons (Fsp3) is 0.211. The minimum absolute atomic E-state index is 0.0683. The zero-order valence-corrected chi connectivity index (χ0v) is 14.8. The molecule has 6 heteroatoms. The van der Waals surface area contributed by atoms with Gasteiger partial charge < -0.3 is 4.98 Å². The highest BCUT2D eigenvalue weighted by atomic mass is 32.2. The molecule has 0 amide bonds. The van der Waals surface area contributed by atoms with Gasteiger partial charge in [0.2, 0.25) is 10.0 Å². The van der Waals surface area contributed by atoms with Crippen LogP contribution in [-0.2, 0) is 22.2 Å². The van der Waals surface area contributed by atoms with E-state index in [0.717, 1.165) is 22.0 Å². The molecule has 130 valence electrons. The first-order chi connectivity index (χ1) is 11.9. The molecule has 1 aromatic heterocycles. The summed E-state index contributed by atoms with van der Waals surface area (Å²) in [6.45, 7) is 2.13. The molecule has 0 aliphatic heterocycles. The minimum atomic E-state index is -3.43. The first kappa shape index (κ1) is 17.4. The van der Waals surface area contributed by atoms with Crippen molar-refractivity contribution in [2.75, 3.05) is 6.54 Å². The maximum atomic E-state index is 12.2. The molecule has 1 heterocycles. The maximum Gasteiger partial charge on any atom is 0.251 e. The van der Waals surface area contributed by atoms with Crippen molar-refractivity contribution < 1.29 is 8.42 Å². The summed E-state index contributed by atoms with van der Waals surface area (Å²) >= 11 is 0. The average molecular weight is 356 g/mol. The monoisotopic (exact) mass is 356 g/mol. The van der Waals surface area contributed by atoms with Crippen LogP contribution in [0.4, 0.5) is 0 Å². The summed E-state index contributed by atoms with van der Waals surface area (Å²) in [6, 6.07) is 16.6. The molecule has 0 aliphatic carbocycles. The van der Waals surface area contributed by atoms with Crippen molar-refractivity contribution in [2.24, 2.45) is 0 Å². The second kappa shape index (κ2) is 7.21. The van der Waals surface area contributed by atoms with Gasteiger partial charge in [0.05, 0.1) is 11.3 Å². The molecular weight excluding hydrogens is 336 g/mol. The second-order valence-corrected chi connectivity index (χ2v) is 7.86. The van der Waals surface area contributed by atoms with E-state index in [-0.39, 0.29) is 17.9 Å². The zero-order chi connectivity index (χ0) is 17.9.